The molecular weight excluding hydrogens is 310 g/mol. The monoisotopic (exact) mass is 318 g/mol. The first-order chi connectivity index (χ1) is 6.56. The molecule has 0 saturated heterocycles. The maximum absolute atomic E-state index is 8.70. The summed E-state index contributed by atoms with van der Waals surface area (Å²) >= 11 is 8.00. The van der Waals surface area contributed by atoms with Crippen LogP contribution < -0.4 is 5.73 Å². The zero-order valence-corrected chi connectivity index (χ0v) is 10.4. The fraction of sp³-hybridized carbons (Fsp3) is 0.100. The maximum atomic E-state index is 8.70. The molecular formula is C10H8ClIN2. The van der Waals surface area contributed by atoms with Gasteiger partial charge in [0.1, 0.15) is 0 Å². The molecule has 2 nitrogen and oxygen atoms in total. The van der Waals surface area contributed by atoms with Gasteiger partial charge >= 0.3 is 0 Å². The fourth-order valence-electron chi connectivity index (χ4n) is 0.966. The van der Waals surface area contributed by atoms with Crippen molar-refractivity contribution in [3.8, 4) is 6.07 Å². The summed E-state index contributed by atoms with van der Waals surface area (Å²) in [5.74, 6) is 0. The zero-order chi connectivity index (χ0) is 10.7. The van der Waals surface area contributed by atoms with Gasteiger partial charge in [0.05, 0.1) is 11.8 Å². The molecule has 1 aromatic rings. The summed E-state index contributed by atoms with van der Waals surface area (Å²) < 4.78 is 0.985. The van der Waals surface area contributed by atoms with Gasteiger partial charge in [0.2, 0.25) is 0 Å². The van der Waals surface area contributed by atoms with E-state index < -0.39 is 0 Å². The molecule has 0 heterocycles. The predicted octanol–water partition coefficient (Wildman–Crippen LogP) is 3.16. The van der Waals surface area contributed by atoms with Crippen LogP contribution in [-0.4, -0.2) is 0 Å². The number of halogens is 2. The lowest BCUT2D eigenvalue weighted by Crippen LogP contribution is -2.01. The van der Waals surface area contributed by atoms with Gasteiger partial charge in [0.25, 0.3) is 0 Å². The van der Waals surface area contributed by atoms with Gasteiger partial charge in [-0.25, -0.2) is 0 Å². The number of allylic oxidation sites excluding steroid dienone is 1. The van der Waals surface area contributed by atoms with Gasteiger partial charge in [0.15, 0.2) is 0 Å². The molecule has 14 heavy (non-hydrogen) atoms. The van der Waals surface area contributed by atoms with E-state index in [1.807, 2.05) is 12.1 Å². The molecule has 0 bridgehead atoms. The Morgan fingerprint density at radius 1 is 1.57 bits per heavy atom. The van der Waals surface area contributed by atoms with E-state index in [2.05, 4.69) is 22.6 Å². The second-order valence-electron chi connectivity index (χ2n) is 2.77. The van der Waals surface area contributed by atoms with Gasteiger partial charge in [-0.15, -0.1) is 0 Å². The first kappa shape index (κ1) is 11.3. The van der Waals surface area contributed by atoms with Crippen molar-refractivity contribution in [2.24, 2.45) is 5.73 Å². The first-order valence-electron chi connectivity index (χ1n) is 3.88. The average molecular weight is 319 g/mol. The third kappa shape index (κ3) is 2.40. The predicted molar refractivity (Wildman–Crippen MR) is 66.6 cm³/mol. The van der Waals surface area contributed by atoms with Gasteiger partial charge in [-0.05, 0) is 47.7 Å². The number of hydrogen-bond donors (Lipinski definition) is 1. The second-order valence-corrected chi connectivity index (χ2v) is 4.37. The first-order valence-corrected chi connectivity index (χ1v) is 5.33. The average Bonchev–Trinajstić information content (AvgIpc) is 2.19. The summed E-state index contributed by atoms with van der Waals surface area (Å²) in [6, 6.07) is 7.45. The molecule has 0 spiro atoms. The minimum atomic E-state index is 0.486. The van der Waals surface area contributed by atoms with E-state index in [4.69, 9.17) is 22.6 Å². The summed E-state index contributed by atoms with van der Waals surface area (Å²) in [5, 5.41) is 9.32. The van der Waals surface area contributed by atoms with Gasteiger partial charge in [0, 0.05) is 19.7 Å². The van der Waals surface area contributed by atoms with Crippen LogP contribution in [0.4, 0.5) is 0 Å². The molecule has 0 aromatic heterocycles. The third-order valence-corrected chi connectivity index (χ3v) is 2.97. The summed E-state index contributed by atoms with van der Waals surface area (Å²) in [7, 11) is 0. The van der Waals surface area contributed by atoms with E-state index in [1.54, 1.807) is 19.1 Å². The molecule has 0 aliphatic rings. The molecule has 0 aliphatic heterocycles. The van der Waals surface area contributed by atoms with Crippen molar-refractivity contribution >= 4 is 39.9 Å². The molecule has 0 amide bonds. The zero-order valence-electron chi connectivity index (χ0n) is 7.51. The minimum Gasteiger partial charge on any atom is -0.397 e. The normalized spacial score (nSPS) is 11.9. The second kappa shape index (κ2) is 4.67. The van der Waals surface area contributed by atoms with Crippen molar-refractivity contribution < 1.29 is 0 Å². The van der Waals surface area contributed by atoms with Crippen LogP contribution >= 0.6 is 34.2 Å². The van der Waals surface area contributed by atoms with E-state index in [0.717, 1.165) is 9.13 Å². The highest BCUT2D eigenvalue weighted by atomic mass is 127. The van der Waals surface area contributed by atoms with Gasteiger partial charge in [-0.1, -0.05) is 11.6 Å². The molecule has 0 aliphatic carbocycles. The van der Waals surface area contributed by atoms with Gasteiger partial charge < -0.3 is 5.73 Å². The third-order valence-electron chi connectivity index (χ3n) is 1.79. The summed E-state index contributed by atoms with van der Waals surface area (Å²) in [6.45, 7) is 1.69. The lowest BCUT2D eigenvalue weighted by molar-refractivity contribution is 1.38. The van der Waals surface area contributed by atoms with Crippen LogP contribution in [-0.2, 0) is 0 Å². The van der Waals surface area contributed by atoms with Crippen LogP contribution in [0.5, 0.6) is 0 Å². The molecule has 2 N–H and O–H groups in total. The van der Waals surface area contributed by atoms with Crippen molar-refractivity contribution in [2.75, 3.05) is 0 Å². The largest absolute Gasteiger partial charge is 0.397 e. The molecule has 1 rings (SSSR count). The highest BCUT2D eigenvalue weighted by Gasteiger charge is 2.06. The minimum absolute atomic E-state index is 0.486. The summed E-state index contributed by atoms with van der Waals surface area (Å²) in [5.41, 5.74) is 7.62. The standard InChI is InChI=1S/C10H8ClIN2/c1-6(5-13)10(14)8-4-7(11)2-3-9(8)12/h2-4H,14H2,1H3/b10-6-. The molecule has 0 atom stereocenters. The van der Waals surface area contributed by atoms with Crippen LogP contribution in [0, 0.1) is 14.9 Å². The van der Waals surface area contributed by atoms with E-state index in [-0.39, 0.29) is 0 Å². The maximum Gasteiger partial charge on any atom is 0.0965 e. The lowest BCUT2D eigenvalue weighted by Gasteiger charge is -2.06. The Balaban J connectivity index is 3.34. The number of hydrogen-bond acceptors (Lipinski definition) is 2. The van der Waals surface area contributed by atoms with Crippen molar-refractivity contribution in [1.82, 2.24) is 0 Å². The molecule has 72 valence electrons. The Morgan fingerprint density at radius 2 is 2.21 bits per heavy atom. The Kier molecular flexibility index (Phi) is 3.78. The van der Waals surface area contributed by atoms with Gasteiger partial charge in [-0.3, -0.25) is 0 Å². The number of rotatable bonds is 1. The van der Waals surface area contributed by atoms with Gasteiger partial charge in [-0.2, -0.15) is 5.26 Å². The summed E-state index contributed by atoms with van der Waals surface area (Å²) in [4.78, 5) is 0. The van der Waals surface area contributed by atoms with Crippen molar-refractivity contribution in [3.63, 3.8) is 0 Å². The molecule has 0 radical (unpaired) electrons. The SMILES string of the molecule is C/C(C#N)=C(/N)c1cc(Cl)ccc1I. The van der Waals surface area contributed by atoms with Crippen LogP contribution in [0.15, 0.2) is 23.8 Å². The molecule has 0 saturated carbocycles. The Labute approximate surface area is 101 Å². The van der Waals surface area contributed by atoms with Crippen molar-refractivity contribution in [3.05, 3.63) is 37.9 Å². The van der Waals surface area contributed by atoms with E-state index in [1.165, 1.54) is 0 Å². The smallest absolute Gasteiger partial charge is 0.0965 e. The van der Waals surface area contributed by atoms with E-state index >= 15 is 0 Å². The lowest BCUT2D eigenvalue weighted by atomic mass is 10.1. The van der Waals surface area contributed by atoms with Crippen LogP contribution in [0.25, 0.3) is 5.70 Å². The highest BCUT2D eigenvalue weighted by molar-refractivity contribution is 14.1. The fourth-order valence-corrected chi connectivity index (χ4v) is 1.76. The van der Waals surface area contributed by atoms with Crippen molar-refractivity contribution in [1.29, 1.82) is 5.26 Å². The Morgan fingerprint density at radius 3 is 2.79 bits per heavy atom. The van der Waals surface area contributed by atoms with Crippen LogP contribution in [0.3, 0.4) is 0 Å². The Hall–Kier alpha value is -0.730. The van der Waals surface area contributed by atoms with Crippen molar-refractivity contribution in [2.45, 2.75) is 6.92 Å². The summed E-state index contributed by atoms with van der Waals surface area (Å²) in [6.07, 6.45) is 0. The molecule has 4 heteroatoms. The highest BCUT2D eigenvalue weighted by Crippen LogP contribution is 2.23. The topological polar surface area (TPSA) is 49.8 Å². The van der Waals surface area contributed by atoms with Crippen LogP contribution in [0.2, 0.25) is 5.02 Å². The number of nitrogens with zero attached hydrogens (tertiary/aromatic N) is 1. The number of nitriles is 1. The quantitative estimate of drug-likeness (QED) is 0.639. The van der Waals surface area contributed by atoms with E-state index in [9.17, 15) is 0 Å². The molecule has 1 aromatic carbocycles. The van der Waals surface area contributed by atoms with E-state index in [0.29, 0.717) is 16.3 Å². The Bertz CT molecular complexity index is 432. The molecule has 0 unspecified atom stereocenters. The van der Waals surface area contributed by atoms with Crippen LogP contribution in [0.1, 0.15) is 12.5 Å². The number of nitrogens with two attached hydrogens (primary N) is 1. The number of benzene rings is 1. The molecule has 0 fully saturated rings.